The summed E-state index contributed by atoms with van der Waals surface area (Å²) in [4.78, 5) is 0. The first-order chi connectivity index (χ1) is 7.79. The smallest absolute Gasteiger partial charge is 0.147 e. The van der Waals surface area contributed by atoms with E-state index in [1.807, 2.05) is 6.07 Å². The van der Waals surface area contributed by atoms with E-state index in [9.17, 15) is 4.39 Å². The van der Waals surface area contributed by atoms with Crippen LogP contribution in [-0.4, -0.2) is 6.04 Å². The van der Waals surface area contributed by atoms with E-state index < -0.39 is 0 Å². The number of hydrogen-bond donors (Lipinski definition) is 1. The minimum absolute atomic E-state index is 0.329. The third kappa shape index (κ3) is 2.52. The van der Waals surface area contributed by atoms with Crippen LogP contribution in [0.25, 0.3) is 0 Å². The maximum absolute atomic E-state index is 13.6. The molecule has 1 saturated carbocycles. The van der Waals surface area contributed by atoms with Crippen LogP contribution in [0.3, 0.4) is 0 Å². The normalized spacial score (nSPS) is 16.8. The third-order valence-electron chi connectivity index (χ3n) is 3.06. The molecule has 16 heavy (non-hydrogen) atoms. The molecule has 0 radical (unpaired) electrons. The van der Waals surface area contributed by atoms with Gasteiger partial charge >= 0.3 is 0 Å². The van der Waals surface area contributed by atoms with Crippen molar-refractivity contribution in [1.29, 1.82) is 5.26 Å². The van der Waals surface area contributed by atoms with E-state index >= 15 is 0 Å². The summed E-state index contributed by atoms with van der Waals surface area (Å²) in [5, 5.41) is 11.9. The average Bonchev–Trinajstić information content (AvgIpc) is 2.33. The van der Waals surface area contributed by atoms with Crippen LogP contribution >= 0.6 is 0 Å². The Hall–Kier alpha value is -1.56. The highest BCUT2D eigenvalue weighted by Gasteiger charge is 2.14. The van der Waals surface area contributed by atoms with Gasteiger partial charge in [-0.1, -0.05) is 19.3 Å². The molecule has 0 atom stereocenters. The van der Waals surface area contributed by atoms with Crippen molar-refractivity contribution in [3.8, 4) is 6.07 Å². The van der Waals surface area contributed by atoms with Gasteiger partial charge in [-0.2, -0.15) is 5.26 Å². The van der Waals surface area contributed by atoms with Crippen molar-refractivity contribution < 1.29 is 4.39 Å². The Bertz CT molecular complexity index is 403. The van der Waals surface area contributed by atoms with Gasteiger partial charge in [0.1, 0.15) is 5.82 Å². The van der Waals surface area contributed by atoms with Gasteiger partial charge in [-0.05, 0) is 31.0 Å². The van der Waals surface area contributed by atoms with Gasteiger partial charge < -0.3 is 5.32 Å². The van der Waals surface area contributed by atoms with Gasteiger partial charge in [-0.3, -0.25) is 0 Å². The van der Waals surface area contributed by atoms with Crippen LogP contribution in [0.1, 0.15) is 37.7 Å². The summed E-state index contributed by atoms with van der Waals surface area (Å²) < 4.78 is 13.6. The molecule has 0 aliphatic heterocycles. The van der Waals surface area contributed by atoms with E-state index in [0.717, 1.165) is 12.8 Å². The summed E-state index contributed by atoms with van der Waals surface area (Å²) in [6, 6.07) is 6.90. The molecular weight excluding hydrogens is 203 g/mol. The Morgan fingerprint density at radius 3 is 2.62 bits per heavy atom. The number of anilines is 1. The molecule has 0 saturated heterocycles. The SMILES string of the molecule is N#Cc1ccc(NC2CCCCC2)c(F)c1. The van der Waals surface area contributed by atoms with Crippen LogP contribution < -0.4 is 5.32 Å². The molecule has 0 amide bonds. The first kappa shape index (κ1) is 10.9. The summed E-state index contributed by atoms with van der Waals surface area (Å²) in [6.45, 7) is 0. The van der Waals surface area contributed by atoms with Gasteiger partial charge in [-0.15, -0.1) is 0 Å². The second-order valence-electron chi connectivity index (χ2n) is 4.29. The fraction of sp³-hybridized carbons (Fsp3) is 0.462. The van der Waals surface area contributed by atoms with E-state index in [4.69, 9.17) is 5.26 Å². The Labute approximate surface area is 95.1 Å². The lowest BCUT2D eigenvalue weighted by atomic mass is 9.95. The summed E-state index contributed by atoms with van der Waals surface area (Å²) >= 11 is 0. The second kappa shape index (κ2) is 4.98. The molecule has 2 nitrogen and oxygen atoms in total. The molecule has 1 aromatic carbocycles. The number of benzene rings is 1. The minimum Gasteiger partial charge on any atom is -0.380 e. The molecule has 1 aromatic rings. The van der Waals surface area contributed by atoms with Crippen LogP contribution in [0.15, 0.2) is 18.2 Å². The molecule has 0 spiro atoms. The Kier molecular flexibility index (Phi) is 3.40. The van der Waals surface area contributed by atoms with Crippen molar-refractivity contribution in [2.45, 2.75) is 38.1 Å². The monoisotopic (exact) mass is 218 g/mol. The number of nitrogens with zero attached hydrogens (tertiary/aromatic N) is 1. The van der Waals surface area contributed by atoms with Crippen LogP contribution in [0.2, 0.25) is 0 Å². The third-order valence-corrected chi connectivity index (χ3v) is 3.06. The van der Waals surface area contributed by atoms with Crippen molar-refractivity contribution in [3.05, 3.63) is 29.6 Å². The number of nitrogens with one attached hydrogen (secondary N) is 1. The zero-order valence-corrected chi connectivity index (χ0v) is 9.17. The van der Waals surface area contributed by atoms with E-state index in [-0.39, 0.29) is 5.82 Å². The van der Waals surface area contributed by atoms with Crippen molar-refractivity contribution in [1.82, 2.24) is 0 Å². The first-order valence-electron chi connectivity index (χ1n) is 5.76. The molecule has 0 unspecified atom stereocenters. The van der Waals surface area contributed by atoms with E-state index in [1.165, 1.54) is 25.3 Å². The maximum atomic E-state index is 13.6. The summed E-state index contributed by atoms with van der Waals surface area (Å²) in [5.41, 5.74) is 0.887. The van der Waals surface area contributed by atoms with E-state index in [0.29, 0.717) is 17.3 Å². The molecule has 2 rings (SSSR count). The number of hydrogen-bond acceptors (Lipinski definition) is 2. The molecule has 0 bridgehead atoms. The highest BCUT2D eigenvalue weighted by molar-refractivity contribution is 5.49. The second-order valence-corrected chi connectivity index (χ2v) is 4.29. The fourth-order valence-corrected chi connectivity index (χ4v) is 2.17. The van der Waals surface area contributed by atoms with Crippen LogP contribution in [0.4, 0.5) is 10.1 Å². The van der Waals surface area contributed by atoms with Gasteiger partial charge in [0.15, 0.2) is 0 Å². The number of nitriles is 1. The molecular formula is C13H15FN2. The van der Waals surface area contributed by atoms with E-state index in [1.54, 1.807) is 12.1 Å². The highest BCUT2D eigenvalue weighted by Crippen LogP contribution is 2.23. The summed E-state index contributed by atoms with van der Waals surface area (Å²) in [6.07, 6.45) is 5.94. The summed E-state index contributed by atoms with van der Waals surface area (Å²) in [5.74, 6) is -0.329. The Morgan fingerprint density at radius 1 is 1.25 bits per heavy atom. The molecule has 84 valence electrons. The zero-order chi connectivity index (χ0) is 11.4. The molecule has 0 heterocycles. The van der Waals surface area contributed by atoms with E-state index in [2.05, 4.69) is 5.32 Å². The largest absolute Gasteiger partial charge is 0.380 e. The maximum Gasteiger partial charge on any atom is 0.147 e. The quantitative estimate of drug-likeness (QED) is 0.825. The molecule has 1 aliphatic carbocycles. The van der Waals surface area contributed by atoms with Crippen molar-refractivity contribution in [3.63, 3.8) is 0 Å². The van der Waals surface area contributed by atoms with Crippen molar-refractivity contribution in [2.24, 2.45) is 0 Å². The minimum atomic E-state index is -0.329. The summed E-state index contributed by atoms with van der Waals surface area (Å²) in [7, 11) is 0. The Balaban J connectivity index is 2.06. The van der Waals surface area contributed by atoms with Crippen molar-refractivity contribution >= 4 is 5.69 Å². The molecule has 3 heteroatoms. The van der Waals surface area contributed by atoms with Gasteiger partial charge in [0, 0.05) is 6.04 Å². The fourth-order valence-electron chi connectivity index (χ4n) is 2.17. The highest BCUT2D eigenvalue weighted by atomic mass is 19.1. The molecule has 1 N–H and O–H groups in total. The Morgan fingerprint density at radius 2 is 2.00 bits per heavy atom. The van der Waals surface area contributed by atoms with Gasteiger partial charge in [0.25, 0.3) is 0 Å². The topological polar surface area (TPSA) is 35.8 Å². The van der Waals surface area contributed by atoms with Crippen LogP contribution in [0, 0.1) is 17.1 Å². The predicted octanol–water partition coefficient (Wildman–Crippen LogP) is 3.44. The van der Waals surface area contributed by atoms with Crippen LogP contribution in [-0.2, 0) is 0 Å². The zero-order valence-electron chi connectivity index (χ0n) is 9.17. The molecule has 1 aliphatic rings. The lowest BCUT2D eigenvalue weighted by Gasteiger charge is -2.24. The first-order valence-corrected chi connectivity index (χ1v) is 5.76. The predicted molar refractivity (Wildman–Crippen MR) is 61.6 cm³/mol. The van der Waals surface area contributed by atoms with Gasteiger partial charge in [-0.25, -0.2) is 4.39 Å². The van der Waals surface area contributed by atoms with Crippen LogP contribution in [0.5, 0.6) is 0 Å². The average molecular weight is 218 g/mol. The molecule has 1 fully saturated rings. The van der Waals surface area contributed by atoms with Crippen molar-refractivity contribution in [2.75, 3.05) is 5.32 Å². The lowest BCUT2D eigenvalue weighted by molar-refractivity contribution is 0.460. The standard InChI is InChI=1S/C13H15FN2/c14-12-8-10(9-15)6-7-13(12)16-11-4-2-1-3-5-11/h6-8,11,16H,1-5H2. The number of rotatable bonds is 2. The lowest BCUT2D eigenvalue weighted by Crippen LogP contribution is -2.22. The van der Waals surface area contributed by atoms with Gasteiger partial charge in [0.05, 0.1) is 17.3 Å². The van der Waals surface area contributed by atoms with Gasteiger partial charge in [0.2, 0.25) is 0 Å². The molecule has 0 aromatic heterocycles. The number of halogens is 1.